The summed E-state index contributed by atoms with van der Waals surface area (Å²) in [5.41, 5.74) is 2.03. The van der Waals surface area contributed by atoms with E-state index < -0.39 is 5.82 Å². The van der Waals surface area contributed by atoms with E-state index in [4.69, 9.17) is 0 Å². The maximum Gasteiger partial charge on any atom is 0.259 e. The Hall–Kier alpha value is -2.74. The molecule has 1 amide bonds. The second kappa shape index (κ2) is 6.40. The minimum Gasteiger partial charge on any atom is -0.379 e. The molecule has 0 unspecified atom stereocenters. The van der Waals surface area contributed by atoms with Crippen molar-refractivity contribution < 1.29 is 9.18 Å². The number of amides is 1. The Morgan fingerprint density at radius 2 is 2.17 bits per heavy atom. The minimum absolute atomic E-state index is 0.102. The highest BCUT2D eigenvalue weighted by atomic mass is 32.1. The van der Waals surface area contributed by atoms with Crippen LogP contribution in [-0.2, 0) is 11.3 Å². The van der Waals surface area contributed by atoms with Crippen molar-refractivity contribution >= 4 is 33.6 Å². The smallest absolute Gasteiger partial charge is 0.259 e. The summed E-state index contributed by atoms with van der Waals surface area (Å²) in [6, 6.07) is 5.79. The molecule has 0 saturated heterocycles. The summed E-state index contributed by atoms with van der Waals surface area (Å²) >= 11 is 1.40. The number of nitrogens with one attached hydrogen (secondary N) is 2. The summed E-state index contributed by atoms with van der Waals surface area (Å²) < 4.78 is 15.2. The number of hydrogen-bond donors (Lipinski definition) is 2. The van der Waals surface area contributed by atoms with Crippen LogP contribution in [0.5, 0.6) is 0 Å². The van der Waals surface area contributed by atoms with Crippen LogP contribution in [-0.4, -0.2) is 15.3 Å². The lowest BCUT2D eigenvalue weighted by molar-refractivity contribution is -0.114. The second-order valence-corrected chi connectivity index (χ2v) is 6.15. The van der Waals surface area contributed by atoms with Gasteiger partial charge in [-0.25, -0.2) is 9.37 Å². The monoisotopic (exact) mass is 346 g/mol. The molecule has 0 spiro atoms. The van der Waals surface area contributed by atoms with Crippen LogP contribution in [0.1, 0.15) is 18.3 Å². The molecule has 8 heteroatoms. The first kappa shape index (κ1) is 16.1. The number of carbonyl (C=O) groups excluding carboxylic acids is 1. The molecule has 0 aliphatic carbocycles. The molecular formula is C16H15FN4O2S. The lowest BCUT2D eigenvalue weighted by Gasteiger charge is -2.09. The fourth-order valence-corrected chi connectivity index (χ4v) is 3.20. The van der Waals surface area contributed by atoms with E-state index in [0.29, 0.717) is 22.9 Å². The van der Waals surface area contributed by atoms with Gasteiger partial charge in [0, 0.05) is 29.8 Å². The van der Waals surface area contributed by atoms with Gasteiger partial charge < -0.3 is 10.6 Å². The van der Waals surface area contributed by atoms with Gasteiger partial charge in [0.25, 0.3) is 5.56 Å². The van der Waals surface area contributed by atoms with E-state index in [2.05, 4.69) is 15.6 Å². The summed E-state index contributed by atoms with van der Waals surface area (Å²) in [6.45, 7) is 3.48. The number of benzene rings is 1. The zero-order valence-corrected chi connectivity index (χ0v) is 13.9. The lowest BCUT2D eigenvalue weighted by Crippen LogP contribution is -2.16. The minimum atomic E-state index is -0.511. The lowest BCUT2D eigenvalue weighted by atomic mass is 10.2. The molecule has 0 aliphatic rings. The van der Waals surface area contributed by atoms with Gasteiger partial charge in [-0.2, -0.15) is 0 Å². The highest BCUT2D eigenvalue weighted by molar-refractivity contribution is 7.15. The fourth-order valence-electron chi connectivity index (χ4n) is 2.30. The van der Waals surface area contributed by atoms with Crippen molar-refractivity contribution in [3.8, 4) is 0 Å². The van der Waals surface area contributed by atoms with Crippen molar-refractivity contribution in [3.63, 3.8) is 0 Å². The van der Waals surface area contributed by atoms with Crippen molar-refractivity contribution in [2.75, 3.05) is 10.6 Å². The highest BCUT2D eigenvalue weighted by Crippen LogP contribution is 2.20. The summed E-state index contributed by atoms with van der Waals surface area (Å²) in [5, 5.41) is 7.38. The number of hydrogen-bond acceptors (Lipinski definition) is 5. The Balaban J connectivity index is 1.81. The number of nitrogens with zero attached hydrogens (tertiary/aromatic N) is 2. The van der Waals surface area contributed by atoms with Gasteiger partial charge in [0.1, 0.15) is 5.82 Å². The molecule has 0 bridgehead atoms. The Kier molecular flexibility index (Phi) is 4.30. The summed E-state index contributed by atoms with van der Waals surface area (Å²) in [7, 11) is 0. The van der Waals surface area contributed by atoms with Gasteiger partial charge in [-0.1, -0.05) is 0 Å². The number of halogens is 1. The van der Waals surface area contributed by atoms with Gasteiger partial charge in [-0.3, -0.25) is 14.0 Å². The second-order valence-electron chi connectivity index (χ2n) is 5.31. The highest BCUT2D eigenvalue weighted by Gasteiger charge is 2.08. The molecule has 2 N–H and O–H groups in total. The predicted octanol–water partition coefficient (Wildman–Crippen LogP) is 2.77. The third-order valence-corrected chi connectivity index (χ3v) is 4.32. The standard InChI is InChI=1S/C16H15FN4O2S/c1-9-8-24-16-20-12(6-15(23)21(9)16)7-18-11-3-4-13(17)14(5-11)19-10(2)22/h3-6,8,18H,7H2,1-2H3,(H,19,22). The Morgan fingerprint density at radius 1 is 1.38 bits per heavy atom. The average Bonchev–Trinajstić information content (AvgIpc) is 2.89. The first-order chi connectivity index (χ1) is 11.4. The van der Waals surface area contributed by atoms with E-state index in [1.165, 1.54) is 36.5 Å². The van der Waals surface area contributed by atoms with Crippen LogP contribution >= 0.6 is 11.3 Å². The molecule has 6 nitrogen and oxygen atoms in total. The molecule has 2 aromatic heterocycles. The Labute approximate surface area is 141 Å². The van der Waals surface area contributed by atoms with Gasteiger partial charge in [0.15, 0.2) is 4.96 Å². The largest absolute Gasteiger partial charge is 0.379 e. The van der Waals surface area contributed by atoms with E-state index in [9.17, 15) is 14.0 Å². The van der Waals surface area contributed by atoms with Gasteiger partial charge in [0.05, 0.1) is 17.9 Å². The van der Waals surface area contributed by atoms with Crippen molar-refractivity contribution in [2.24, 2.45) is 0 Å². The summed E-state index contributed by atoms with van der Waals surface area (Å²) in [6.07, 6.45) is 0. The van der Waals surface area contributed by atoms with Gasteiger partial charge in [-0.05, 0) is 25.1 Å². The maximum absolute atomic E-state index is 13.6. The van der Waals surface area contributed by atoms with Crippen LogP contribution in [0.25, 0.3) is 4.96 Å². The maximum atomic E-state index is 13.6. The van der Waals surface area contributed by atoms with E-state index >= 15 is 0 Å². The normalized spacial score (nSPS) is 10.8. The Bertz CT molecular complexity index is 980. The van der Waals surface area contributed by atoms with Crippen LogP contribution in [0.15, 0.2) is 34.4 Å². The first-order valence-electron chi connectivity index (χ1n) is 7.22. The molecular weight excluding hydrogens is 331 g/mol. The zero-order valence-electron chi connectivity index (χ0n) is 13.1. The number of rotatable bonds is 4. The molecule has 124 valence electrons. The van der Waals surface area contributed by atoms with Crippen LogP contribution in [0, 0.1) is 12.7 Å². The number of aromatic nitrogens is 2. The molecule has 0 aliphatic heterocycles. The number of thiazole rings is 1. The van der Waals surface area contributed by atoms with Crippen LogP contribution in [0.2, 0.25) is 0 Å². The summed E-state index contributed by atoms with van der Waals surface area (Å²) in [5.74, 6) is -0.859. The fraction of sp³-hybridized carbons (Fsp3) is 0.188. The molecule has 0 radical (unpaired) electrons. The van der Waals surface area contributed by atoms with E-state index in [1.54, 1.807) is 10.5 Å². The quantitative estimate of drug-likeness (QED) is 0.762. The number of aryl methyl sites for hydroxylation is 1. The number of fused-ring (bicyclic) bond motifs is 1. The molecule has 0 saturated carbocycles. The summed E-state index contributed by atoms with van der Waals surface area (Å²) in [4.78, 5) is 28.3. The molecule has 3 rings (SSSR count). The van der Waals surface area contributed by atoms with Crippen LogP contribution in [0.3, 0.4) is 0 Å². The van der Waals surface area contributed by atoms with E-state index in [-0.39, 0.29) is 17.2 Å². The van der Waals surface area contributed by atoms with Crippen LogP contribution in [0.4, 0.5) is 15.8 Å². The molecule has 1 aromatic carbocycles. The van der Waals surface area contributed by atoms with Gasteiger partial charge in [-0.15, -0.1) is 11.3 Å². The van der Waals surface area contributed by atoms with Crippen molar-refractivity contribution in [2.45, 2.75) is 20.4 Å². The molecule has 24 heavy (non-hydrogen) atoms. The van der Waals surface area contributed by atoms with Crippen LogP contribution < -0.4 is 16.2 Å². The molecule has 3 aromatic rings. The van der Waals surface area contributed by atoms with E-state index in [0.717, 1.165) is 5.69 Å². The number of carbonyl (C=O) groups is 1. The van der Waals surface area contributed by atoms with Crippen molar-refractivity contribution in [3.05, 3.63) is 57.2 Å². The Morgan fingerprint density at radius 3 is 2.92 bits per heavy atom. The van der Waals surface area contributed by atoms with E-state index in [1.807, 2.05) is 12.3 Å². The third-order valence-electron chi connectivity index (χ3n) is 3.38. The molecule has 0 atom stereocenters. The average molecular weight is 346 g/mol. The van der Waals surface area contributed by atoms with Gasteiger partial charge in [0.2, 0.25) is 5.91 Å². The third kappa shape index (κ3) is 3.28. The molecule has 0 fully saturated rings. The topological polar surface area (TPSA) is 75.5 Å². The number of anilines is 2. The molecule has 2 heterocycles. The zero-order chi connectivity index (χ0) is 17.3. The predicted molar refractivity (Wildman–Crippen MR) is 92.1 cm³/mol. The first-order valence-corrected chi connectivity index (χ1v) is 8.10. The van der Waals surface area contributed by atoms with Gasteiger partial charge >= 0.3 is 0 Å². The van der Waals surface area contributed by atoms with Crippen molar-refractivity contribution in [1.82, 2.24) is 9.38 Å². The van der Waals surface area contributed by atoms with Crippen molar-refractivity contribution in [1.29, 1.82) is 0 Å². The SMILES string of the molecule is CC(=O)Nc1cc(NCc2cc(=O)n3c(C)csc3n2)ccc1F.